The van der Waals surface area contributed by atoms with E-state index in [0.717, 1.165) is 10.4 Å². The summed E-state index contributed by atoms with van der Waals surface area (Å²) in [5, 5.41) is 0. The van der Waals surface area contributed by atoms with Crippen molar-refractivity contribution in [3.05, 3.63) is 45.5 Å². The van der Waals surface area contributed by atoms with Crippen molar-refractivity contribution in [2.75, 3.05) is 0 Å². The first-order valence-electron chi connectivity index (χ1n) is 5.79. The molecule has 0 spiro atoms. The second kappa shape index (κ2) is 5.51. The fourth-order valence-electron chi connectivity index (χ4n) is 1.67. The van der Waals surface area contributed by atoms with Crippen LogP contribution in [0.4, 0.5) is 4.39 Å². The van der Waals surface area contributed by atoms with Gasteiger partial charge in [-0.15, -0.1) is 11.3 Å². The molecule has 0 bridgehead atoms. The Morgan fingerprint density at radius 1 is 1.22 bits per heavy atom. The van der Waals surface area contributed by atoms with Crippen LogP contribution >= 0.6 is 27.3 Å². The van der Waals surface area contributed by atoms with E-state index in [1.807, 2.05) is 6.07 Å². The largest absolute Gasteiger partial charge is 0.323 e. The van der Waals surface area contributed by atoms with Crippen molar-refractivity contribution < 1.29 is 4.39 Å². The first-order valence-corrected chi connectivity index (χ1v) is 7.40. The Labute approximate surface area is 119 Å². The molecule has 0 aliphatic heterocycles. The van der Waals surface area contributed by atoms with Gasteiger partial charge in [-0.2, -0.15) is 0 Å². The monoisotopic (exact) mass is 327 g/mol. The van der Waals surface area contributed by atoms with E-state index >= 15 is 0 Å². The van der Waals surface area contributed by atoms with Gasteiger partial charge in [-0.05, 0) is 51.7 Å². The van der Waals surface area contributed by atoms with E-state index in [2.05, 4.69) is 35.8 Å². The van der Waals surface area contributed by atoms with E-state index in [-0.39, 0.29) is 11.9 Å². The first-order chi connectivity index (χ1) is 8.49. The van der Waals surface area contributed by atoms with Crippen molar-refractivity contribution in [1.29, 1.82) is 0 Å². The quantitative estimate of drug-likeness (QED) is 0.845. The van der Waals surface area contributed by atoms with Gasteiger partial charge in [0.2, 0.25) is 0 Å². The lowest BCUT2D eigenvalue weighted by Crippen LogP contribution is -2.14. The second-order valence-corrected chi connectivity index (χ2v) is 6.57. The number of nitrogens with two attached hydrogens (primary N) is 1. The minimum Gasteiger partial charge on any atom is -0.323 e. The molecule has 4 heteroatoms. The summed E-state index contributed by atoms with van der Waals surface area (Å²) in [6.45, 7) is 4.22. The third kappa shape index (κ3) is 2.82. The average molecular weight is 328 g/mol. The standard InChI is InChI=1S/C14H15BrFNS/c1-8(2)14(17)13-6-5-12(18-13)9-3-4-11(16)10(15)7-9/h3-8,14H,17H2,1-2H3. The third-order valence-electron chi connectivity index (χ3n) is 2.88. The van der Waals surface area contributed by atoms with Gasteiger partial charge in [0, 0.05) is 15.8 Å². The fraction of sp³-hybridized carbons (Fsp3) is 0.286. The van der Waals surface area contributed by atoms with Crippen LogP contribution in [-0.4, -0.2) is 0 Å². The van der Waals surface area contributed by atoms with Gasteiger partial charge in [0.1, 0.15) is 5.82 Å². The summed E-state index contributed by atoms with van der Waals surface area (Å²) in [4.78, 5) is 2.28. The molecule has 0 radical (unpaired) electrons. The first kappa shape index (κ1) is 13.7. The van der Waals surface area contributed by atoms with Gasteiger partial charge >= 0.3 is 0 Å². The molecule has 1 heterocycles. The van der Waals surface area contributed by atoms with Crippen LogP contribution in [0, 0.1) is 11.7 Å². The molecule has 0 fully saturated rings. The molecule has 1 aromatic heterocycles. The van der Waals surface area contributed by atoms with Crippen molar-refractivity contribution in [1.82, 2.24) is 0 Å². The van der Waals surface area contributed by atoms with Crippen LogP contribution in [0.5, 0.6) is 0 Å². The molecule has 2 aromatic rings. The number of benzene rings is 1. The molecule has 0 amide bonds. The third-order valence-corrected chi connectivity index (χ3v) is 4.72. The highest BCUT2D eigenvalue weighted by Crippen LogP contribution is 2.34. The number of rotatable bonds is 3. The predicted octanol–water partition coefficient (Wildman–Crippen LogP) is 4.97. The molecule has 2 N–H and O–H groups in total. The van der Waals surface area contributed by atoms with E-state index in [0.29, 0.717) is 10.4 Å². The number of hydrogen-bond donors (Lipinski definition) is 1. The Morgan fingerprint density at radius 2 is 1.94 bits per heavy atom. The molecule has 96 valence electrons. The lowest BCUT2D eigenvalue weighted by Gasteiger charge is -2.12. The van der Waals surface area contributed by atoms with Gasteiger partial charge in [-0.3, -0.25) is 0 Å². The van der Waals surface area contributed by atoms with Gasteiger partial charge in [-0.25, -0.2) is 4.39 Å². The van der Waals surface area contributed by atoms with Crippen molar-refractivity contribution in [3.63, 3.8) is 0 Å². The Bertz CT molecular complexity index is 550. The molecule has 1 aromatic carbocycles. The van der Waals surface area contributed by atoms with E-state index < -0.39 is 0 Å². The lowest BCUT2D eigenvalue weighted by atomic mass is 10.0. The maximum absolute atomic E-state index is 13.2. The highest BCUT2D eigenvalue weighted by molar-refractivity contribution is 9.10. The summed E-state index contributed by atoms with van der Waals surface area (Å²) in [5.41, 5.74) is 7.13. The SMILES string of the molecule is CC(C)C(N)c1ccc(-c2ccc(F)c(Br)c2)s1. The second-order valence-electron chi connectivity index (χ2n) is 4.60. The van der Waals surface area contributed by atoms with E-state index in [1.54, 1.807) is 23.5 Å². The smallest absolute Gasteiger partial charge is 0.137 e. The average Bonchev–Trinajstić information content (AvgIpc) is 2.81. The minimum absolute atomic E-state index is 0.0626. The van der Waals surface area contributed by atoms with E-state index in [9.17, 15) is 4.39 Å². The minimum atomic E-state index is -0.241. The number of halogens is 2. The highest BCUT2D eigenvalue weighted by atomic mass is 79.9. The molecule has 0 aliphatic carbocycles. The van der Waals surface area contributed by atoms with Crippen LogP contribution in [0.1, 0.15) is 24.8 Å². The summed E-state index contributed by atoms with van der Waals surface area (Å²) in [5.74, 6) is 0.172. The molecule has 0 aliphatic rings. The Kier molecular flexibility index (Phi) is 4.20. The zero-order valence-electron chi connectivity index (χ0n) is 10.3. The zero-order valence-corrected chi connectivity index (χ0v) is 12.7. The summed E-state index contributed by atoms with van der Waals surface area (Å²) < 4.78 is 13.7. The molecule has 1 nitrogen and oxygen atoms in total. The lowest BCUT2D eigenvalue weighted by molar-refractivity contribution is 0.521. The summed E-state index contributed by atoms with van der Waals surface area (Å²) in [6, 6.07) is 9.22. The molecule has 2 rings (SSSR count). The molecular formula is C14H15BrFNS. The van der Waals surface area contributed by atoms with Crippen LogP contribution in [0.15, 0.2) is 34.8 Å². The molecular weight excluding hydrogens is 313 g/mol. The van der Waals surface area contributed by atoms with Gasteiger partial charge in [0.15, 0.2) is 0 Å². The summed E-state index contributed by atoms with van der Waals surface area (Å²) in [6.07, 6.45) is 0. The number of hydrogen-bond acceptors (Lipinski definition) is 2. The maximum atomic E-state index is 13.2. The van der Waals surface area contributed by atoms with Crippen LogP contribution in [0.25, 0.3) is 10.4 Å². The predicted molar refractivity (Wildman–Crippen MR) is 79.2 cm³/mol. The molecule has 0 saturated heterocycles. The van der Waals surface area contributed by atoms with Gasteiger partial charge in [0.25, 0.3) is 0 Å². The van der Waals surface area contributed by atoms with Crippen molar-refractivity contribution in [2.45, 2.75) is 19.9 Å². The summed E-state index contributed by atoms with van der Waals surface area (Å²) in [7, 11) is 0. The van der Waals surface area contributed by atoms with E-state index in [4.69, 9.17) is 5.73 Å². The molecule has 0 saturated carbocycles. The maximum Gasteiger partial charge on any atom is 0.137 e. The van der Waals surface area contributed by atoms with Gasteiger partial charge in [0.05, 0.1) is 4.47 Å². The Morgan fingerprint density at radius 3 is 2.56 bits per heavy atom. The van der Waals surface area contributed by atoms with Crippen molar-refractivity contribution in [2.24, 2.45) is 11.7 Å². The Balaban J connectivity index is 2.32. The molecule has 1 unspecified atom stereocenters. The van der Waals surface area contributed by atoms with Crippen LogP contribution in [0.3, 0.4) is 0 Å². The molecule has 18 heavy (non-hydrogen) atoms. The molecule has 1 atom stereocenters. The zero-order chi connectivity index (χ0) is 13.3. The van der Waals surface area contributed by atoms with Crippen LogP contribution < -0.4 is 5.73 Å². The van der Waals surface area contributed by atoms with Gasteiger partial charge in [-0.1, -0.05) is 19.9 Å². The van der Waals surface area contributed by atoms with Crippen LogP contribution in [-0.2, 0) is 0 Å². The Hall–Kier alpha value is -0.710. The normalized spacial score (nSPS) is 13.0. The van der Waals surface area contributed by atoms with Crippen LogP contribution in [0.2, 0.25) is 0 Å². The van der Waals surface area contributed by atoms with Gasteiger partial charge < -0.3 is 5.73 Å². The van der Waals surface area contributed by atoms with Crippen molar-refractivity contribution >= 4 is 27.3 Å². The topological polar surface area (TPSA) is 26.0 Å². The number of thiophene rings is 1. The van der Waals surface area contributed by atoms with Crippen molar-refractivity contribution in [3.8, 4) is 10.4 Å². The van der Waals surface area contributed by atoms with E-state index in [1.165, 1.54) is 10.9 Å². The fourth-order valence-corrected chi connectivity index (χ4v) is 3.22. The highest BCUT2D eigenvalue weighted by Gasteiger charge is 2.13. The summed E-state index contributed by atoms with van der Waals surface area (Å²) >= 11 is 4.88.